The zero-order chi connectivity index (χ0) is 14.7. The number of rotatable bonds is 4. The Morgan fingerprint density at radius 3 is 2.85 bits per heavy atom. The Hall–Kier alpha value is -1.36. The number of hydrogen-bond acceptors (Lipinski definition) is 3. The highest BCUT2D eigenvalue weighted by Gasteiger charge is 2.28. The maximum atomic E-state index is 12.4. The fraction of sp³-hybridized carbons (Fsp3) is 0.733. The van der Waals surface area contributed by atoms with Crippen molar-refractivity contribution in [2.24, 2.45) is 13.0 Å². The molecule has 112 valence electrons. The van der Waals surface area contributed by atoms with Crippen molar-refractivity contribution in [1.82, 2.24) is 14.7 Å². The van der Waals surface area contributed by atoms with Gasteiger partial charge in [-0.2, -0.15) is 5.10 Å². The predicted molar refractivity (Wildman–Crippen MR) is 77.3 cm³/mol. The molecule has 5 nitrogen and oxygen atoms in total. The third kappa shape index (κ3) is 3.39. The van der Waals surface area contributed by atoms with E-state index < -0.39 is 0 Å². The summed E-state index contributed by atoms with van der Waals surface area (Å²) in [5.41, 5.74) is 2.14. The second-order valence-electron chi connectivity index (χ2n) is 5.93. The third-order valence-corrected chi connectivity index (χ3v) is 4.28. The van der Waals surface area contributed by atoms with E-state index >= 15 is 0 Å². The topological polar surface area (TPSA) is 58.4 Å². The van der Waals surface area contributed by atoms with E-state index in [1.807, 2.05) is 25.1 Å². The fourth-order valence-electron chi connectivity index (χ4n) is 2.96. The van der Waals surface area contributed by atoms with E-state index in [-0.39, 0.29) is 18.4 Å². The lowest BCUT2D eigenvalue weighted by atomic mass is 9.93. The van der Waals surface area contributed by atoms with Gasteiger partial charge in [-0.3, -0.25) is 9.48 Å². The van der Waals surface area contributed by atoms with Gasteiger partial charge in [0.05, 0.1) is 5.69 Å². The Bertz CT molecular complexity index is 470. The van der Waals surface area contributed by atoms with Crippen LogP contribution in [0.4, 0.5) is 0 Å². The molecule has 5 heteroatoms. The van der Waals surface area contributed by atoms with Crippen LogP contribution in [0.15, 0.2) is 6.20 Å². The van der Waals surface area contributed by atoms with Gasteiger partial charge in [0, 0.05) is 38.9 Å². The maximum Gasteiger partial charge on any atom is 0.223 e. The zero-order valence-corrected chi connectivity index (χ0v) is 12.7. The Labute approximate surface area is 120 Å². The first-order chi connectivity index (χ1) is 9.51. The summed E-state index contributed by atoms with van der Waals surface area (Å²) >= 11 is 0. The largest absolute Gasteiger partial charge is 0.396 e. The van der Waals surface area contributed by atoms with Crippen molar-refractivity contribution >= 4 is 5.91 Å². The van der Waals surface area contributed by atoms with Crippen LogP contribution in [-0.2, 0) is 18.3 Å². The molecule has 1 aliphatic rings. The van der Waals surface area contributed by atoms with Gasteiger partial charge in [-0.25, -0.2) is 0 Å². The molecule has 2 unspecified atom stereocenters. The number of carbonyl (C=O) groups is 1. The molecule has 2 heterocycles. The number of aromatic nitrogens is 2. The second kappa shape index (κ2) is 6.39. The van der Waals surface area contributed by atoms with Crippen molar-refractivity contribution in [1.29, 1.82) is 0 Å². The summed E-state index contributed by atoms with van der Waals surface area (Å²) in [7, 11) is 1.90. The lowest BCUT2D eigenvalue weighted by Crippen LogP contribution is -2.46. The highest BCUT2D eigenvalue weighted by Crippen LogP contribution is 2.22. The Morgan fingerprint density at radius 2 is 2.25 bits per heavy atom. The maximum absolute atomic E-state index is 12.4. The number of aryl methyl sites for hydroxylation is 3. The lowest BCUT2D eigenvalue weighted by Gasteiger charge is -2.37. The van der Waals surface area contributed by atoms with Crippen LogP contribution >= 0.6 is 0 Å². The number of aliphatic hydroxyl groups excluding tert-OH is 1. The molecule has 20 heavy (non-hydrogen) atoms. The summed E-state index contributed by atoms with van der Waals surface area (Å²) in [4.78, 5) is 14.3. The number of nitrogens with zero attached hydrogens (tertiary/aromatic N) is 3. The van der Waals surface area contributed by atoms with Gasteiger partial charge in [0.2, 0.25) is 5.91 Å². The van der Waals surface area contributed by atoms with Crippen LogP contribution in [0, 0.1) is 12.8 Å². The number of carbonyl (C=O) groups excluding carboxylic acids is 1. The molecular weight excluding hydrogens is 254 g/mol. The van der Waals surface area contributed by atoms with E-state index in [1.54, 1.807) is 4.68 Å². The molecule has 2 atom stereocenters. The van der Waals surface area contributed by atoms with Crippen LogP contribution in [0.25, 0.3) is 0 Å². The van der Waals surface area contributed by atoms with Gasteiger partial charge >= 0.3 is 0 Å². The van der Waals surface area contributed by atoms with Gasteiger partial charge in [0.25, 0.3) is 0 Å². The lowest BCUT2D eigenvalue weighted by molar-refractivity contribution is -0.135. The number of piperidine rings is 1. The van der Waals surface area contributed by atoms with Crippen LogP contribution in [0.2, 0.25) is 0 Å². The van der Waals surface area contributed by atoms with Crippen LogP contribution in [0.5, 0.6) is 0 Å². The Balaban J connectivity index is 1.92. The molecule has 1 aliphatic heterocycles. The molecule has 0 aromatic carbocycles. The van der Waals surface area contributed by atoms with Crippen LogP contribution in [0.1, 0.15) is 37.4 Å². The summed E-state index contributed by atoms with van der Waals surface area (Å²) in [6.45, 7) is 4.95. The van der Waals surface area contributed by atoms with E-state index in [0.29, 0.717) is 19.0 Å². The number of likely N-dealkylation sites (tertiary alicyclic amines) is 1. The van der Waals surface area contributed by atoms with Crippen molar-refractivity contribution in [3.63, 3.8) is 0 Å². The second-order valence-corrected chi connectivity index (χ2v) is 5.93. The van der Waals surface area contributed by atoms with Crippen LogP contribution < -0.4 is 0 Å². The molecule has 1 aromatic heterocycles. The van der Waals surface area contributed by atoms with E-state index in [1.165, 1.54) is 0 Å². The van der Waals surface area contributed by atoms with Gasteiger partial charge in [0.15, 0.2) is 0 Å². The monoisotopic (exact) mass is 279 g/mol. The fourth-order valence-corrected chi connectivity index (χ4v) is 2.96. The van der Waals surface area contributed by atoms with Crippen LogP contribution in [0.3, 0.4) is 0 Å². The molecule has 0 radical (unpaired) electrons. The minimum atomic E-state index is 0.179. The standard InChI is InChI=1S/C15H25N3O2/c1-11-4-5-13(10-19)8-18(11)15(20)7-6-14-9-17(3)16-12(14)2/h9,11,13,19H,4-8,10H2,1-3H3. The van der Waals surface area contributed by atoms with E-state index in [4.69, 9.17) is 0 Å². The van der Waals surface area contributed by atoms with Crippen LogP contribution in [-0.4, -0.2) is 44.9 Å². The first-order valence-corrected chi connectivity index (χ1v) is 7.40. The third-order valence-electron chi connectivity index (χ3n) is 4.28. The minimum Gasteiger partial charge on any atom is -0.396 e. The molecule has 0 spiro atoms. The summed E-state index contributed by atoms with van der Waals surface area (Å²) in [5, 5.41) is 13.6. The zero-order valence-electron chi connectivity index (χ0n) is 12.7. The molecule has 0 bridgehead atoms. The molecule has 0 saturated carbocycles. The van der Waals surface area contributed by atoms with Crippen molar-refractivity contribution in [2.45, 2.75) is 45.6 Å². The van der Waals surface area contributed by atoms with Gasteiger partial charge in [-0.1, -0.05) is 0 Å². The molecule has 1 aromatic rings. The average Bonchev–Trinajstić information content (AvgIpc) is 2.75. The molecule has 0 aliphatic carbocycles. The van der Waals surface area contributed by atoms with E-state index in [0.717, 1.165) is 30.5 Å². The number of amides is 1. The number of aliphatic hydroxyl groups is 1. The molecule has 1 amide bonds. The molecule has 1 saturated heterocycles. The van der Waals surface area contributed by atoms with Gasteiger partial charge in [-0.15, -0.1) is 0 Å². The highest BCUT2D eigenvalue weighted by molar-refractivity contribution is 5.77. The predicted octanol–water partition coefficient (Wildman–Crippen LogP) is 1.28. The van der Waals surface area contributed by atoms with E-state index in [2.05, 4.69) is 12.0 Å². The van der Waals surface area contributed by atoms with Crippen molar-refractivity contribution < 1.29 is 9.90 Å². The summed E-state index contributed by atoms with van der Waals surface area (Å²) in [6.07, 6.45) is 5.26. The normalized spacial score (nSPS) is 23.1. The Kier molecular flexibility index (Phi) is 4.81. The van der Waals surface area contributed by atoms with Crippen molar-refractivity contribution in [2.75, 3.05) is 13.2 Å². The molecule has 1 fully saturated rings. The summed E-state index contributed by atoms with van der Waals surface area (Å²) in [5.74, 6) is 0.439. The smallest absolute Gasteiger partial charge is 0.223 e. The summed E-state index contributed by atoms with van der Waals surface area (Å²) < 4.78 is 1.79. The minimum absolute atomic E-state index is 0.179. The SMILES string of the molecule is Cc1nn(C)cc1CCC(=O)N1CC(CO)CCC1C. The molecule has 2 rings (SSSR count). The molecular formula is C15H25N3O2. The van der Waals surface area contributed by atoms with Crippen molar-refractivity contribution in [3.8, 4) is 0 Å². The highest BCUT2D eigenvalue weighted by atomic mass is 16.3. The van der Waals surface area contributed by atoms with Crippen molar-refractivity contribution in [3.05, 3.63) is 17.5 Å². The number of hydrogen-bond donors (Lipinski definition) is 1. The first-order valence-electron chi connectivity index (χ1n) is 7.40. The average molecular weight is 279 g/mol. The summed E-state index contributed by atoms with van der Waals surface area (Å²) in [6, 6.07) is 0.292. The Morgan fingerprint density at radius 1 is 1.50 bits per heavy atom. The quantitative estimate of drug-likeness (QED) is 0.903. The molecule has 1 N–H and O–H groups in total. The van der Waals surface area contributed by atoms with Gasteiger partial charge in [0.1, 0.15) is 0 Å². The van der Waals surface area contributed by atoms with Gasteiger partial charge in [-0.05, 0) is 44.6 Å². The first kappa shape index (κ1) is 15.0. The van der Waals surface area contributed by atoms with Gasteiger partial charge < -0.3 is 10.0 Å². The van der Waals surface area contributed by atoms with E-state index in [9.17, 15) is 9.90 Å².